The van der Waals surface area contributed by atoms with Crippen LogP contribution in [0.5, 0.6) is 0 Å². The number of nitrogens with zero attached hydrogens (tertiary/aromatic N) is 2. The molecule has 9 nitrogen and oxygen atoms in total. The quantitative estimate of drug-likeness (QED) is 0.297. The van der Waals surface area contributed by atoms with Crippen molar-refractivity contribution in [2.24, 2.45) is 0 Å². The Kier molecular flexibility index (Phi) is 9.78. The molecular weight excluding hydrogens is 436 g/mol. The third kappa shape index (κ3) is 8.11. The van der Waals surface area contributed by atoms with Crippen molar-refractivity contribution in [2.75, 3.05) is 39.4 Å². The molecule has 4 amide bonds. The molecule has 0 unspecified atom stereocenters. The van der Waals surface area contributed by atoms with Crippen molar-refractivity contribution in [3.05, 3.63) is 77.4 Å². The molecule has 1 heterocycles. The van der Waals surface area contributed by atoms with E-state index in [0.717, 1.165) is 50.4 Å². The minimum Gasteiger partial charge on any atom is -0.379 e. The molecule has 1 saturated heterocycles. The van der Waals surface area contributed by atoms with Gasteiger partial charge in [0.25, 0.3) is 11.8 Å². The zero-order chi connectivity index (χ0) is 24.2. The molecular formula is C25H30N4O5. The maximum absolute atomic E-state index is 13.0. The number of hydroxylamine groups is 1. The molecule has 0 atom stereocenters. The summed E-state index contributed by atoms with van der Waals surface area (Å²) in [4.78, 5) is 40.5. The number of carbonyl (C=O) groups excluding carboxylic acids is 3. The van der Waals surface area contributed by atoms with Crippen molar-refractivity contribution in [3.8, 4) is 0 Å². The summed E-state index contributed by atoms with van der Waals surface area (Å²) in [5.41, 5.74) is 3.62. The highest BCUT2D eigenvalue weighted by atomic mass is 16.5. The number of rotatable bonds is 9. The number of urea groups is 1. The molecule has 9 heteroatoms. The standard InChI is InChI=1S/C25H30N4O5/c30-23(27-33)12-11-20-7-9-21(10-8-20)19-29(14-4-13-28-15-17-34-18-16-28)25(32)26-24(31)22-5-2-1-3-6-22/h1-3,5-12,33H,4,13-19H2,(H,27,30)(H,26,31,32)/b12-11+. The average Bonchev–Trinajstić information content (AvgIpc) is 2.88. The van der Waals surface area contributed by atoms with E-state index < -0.39 is 17.8 Å². The van der Waals surface area contributed by atoms with Crippen molar-refractivity contribution in [1.82, 2.24) is 20.6 Å². The normalized spacial score (nSPS) is 14.0. The van der Waals surface area contributed by atoms with Crippen molar-refractivity contribution in [2.45, 2.75) is 13.0 Å². The number of morpholine rings is 1. The second-order valence-electron chi connectivity index (χ2n) is 7.91. The van der Waals surface area contributed by atoms with E-state index in [1.54, 1.807) is 40.7 Å². The summed E-state index contributed by atoms with van der Waals surface area (Å²) in [5.74, 6) is -1.05. The molecule has 0 radical (unpaired) electrons. The molecule has 2 aromatic carbocycles. The van der Waals surface area contributed by atoms with E-state index in [2.05, 4.69) is 10.2 Å². The third-order valence-electron chi connectivity index (χ3n) is 5.44. The molecule has 1 aliphatic heterocycles. The van der Waals surface area contributed by atoms with Crippen molar-refractivity contribution in [3.63, 3.8) is 0 Å². The molecule has 34 heavy (non-hydrogen) atoms. The molecule has 2 aromatic rings. The van der Waals surface area contributed by atoms with Crippen LogP contribution in [-0.2, 0) is 16.1 Å². The van der Waals surface area contributed by atoms with Crippen LogP contribution in [0.1, 0.15) is 27.9 Å². The Morgan fingerprint density at radius 2 is 1.74 bits per heavy atom. The van der Waals surface area contributed by atoms with Crippen LogP contribution in [-0.4, -0.2) is 72.2 Å². The van der Waals surface area contributed by atoms with Gasteiger partial charge in [0, 0.05) is 44.4 Å². The molecule has 0 saturated carbocycles. The van der Waals surface area contributed by atoms with E-state index in [4.69, 9.17) is 9.94 Å². The van der Waals surface area contributed by atoms with E-state index >= 15 is 0 Å². The van der Waals surface area contributed by atoms with Crippen molar-refractivity contribution in [1.29, 1.82) is 0 Å². The number of amides is 4. The maximum atomic E-state index is 13.0. The van der Waals surface area contributed by atoms with Crippen LogP contribution in [0.3, 0.4) is 0 Å². The summed E-state index contributed by atoms with van der Waals surface area (Å²) >= 11 is 0. The summed E-state index contributed by atoms with van der Waals surface area (Å²) < 4.78 is 5.38. The number of hydrogen-bond donors (Lipinski definition) is 3. The number of carbonyl (C=O) groups is 3. The Hall–Kier alpha value is -3.53. The smallest absolute Gasteiger partial charge is 0.324 e. The highest BCUT2D eigenvalue weighted by Crippen LogP contribution is 2.11. The molecule has 0 spiro atoms. The van der Waals surface area contributed by atoms with Gasteiger partial charge in [-0.25, -0.2) is 10.3 Å². The number of hydrogen-bond acceptors (Lipinski definition) is 6. The van der Waals surface area contributed by atoms with Crippen molar-refractivity contribution < 1.29 is 24.3 Å². The van der Waals surface area contributed by atoms with E-state index in [0.29, 0.717) is 18.7 Å². The fourth-order valence-electron chi connectivity index (χ4n) is 3.56. The molecule has 1 aliphatic rings. The highest BCUT2D eigenvalue weighted by molar-refractivity contribution is 6.04. The number of benzene rings is 2. The van der Waals surface area contributed by atoms with Crippen LogP contribution in [0, 0.1) is 0 Å². The van der Waals surface area contributed by atoms with Gasteiger partial charge >= 0.3 is 6.03 Å². The summed E-state index contributed by atoms with van der Waals surface area (Å²) in [6.45, 7) is 4.86. The minimum absolute atomic E-state index is 0.331. The monoisotopic (exact) mass is 466 g/mol. The Balaban J connectivity index is 1.63. The zero-order valence-corrected chi connectivity index (χ0v) is 19.0. The van der Waals surface area contributed by atoms with Gasteiger partial charge in [-0.05, 0) is 35.8 Å². The van der Waals surface area contributed by atoms with Crippen molar-refractivity contribution >= 4 is 23.9 Å². The SMILES string of the molecule is O=C(/C=C/c1ccc(CN(CCCN2CCOCC2)C(=O)NC(=O)c2ccccc2)cc1)NO. The summed E-state index contributed by atoms with van der Waals surface area (Å²) in [7, 11) is 0. The topological polar surface area (TPSA) is 111 Å². The van der Waals surface area contributed by atoms with Gasteiger partial charge in [-0.15, -0.1) is 0 Å². The number of ether oxygens (including phenoxy) is 1. The fraction of sp³-hybridized carbons (Fsp3) is 0.320. The Morgan fingerprint density at radius 1 is 1.03 bits per heavy atom. The first-order valence-corrected chi connectivity index (χ1v) is 11.2. The molecule has 180 valence electrons. The lowest BCUT2D eigenvalue weighted by molar-refractivity contribution is -0.124. The first-order valence-electron chi connectivity index (χ1n) is 11.2. The first-order chi connectivity index (χ1) is 16.5. The third-order valence-corrected chi connectivity index (χ3v) is 5.44. The van der Waals surface area contributed by atoms with Gasteiger partial charge in [-0.3, -0.25) is 25.0 Å². The van der Waals surface area contributed by atoms with Crippen LogP contribution >= 0.6 is 0 Å². The average molecular weight is 467 g/mol. The van der Waals surface area contributed by atoms with Gasteiger partial charge in [-0.2, -0.15) is 0 Å². The lowest BCUT2D eigenvalue weighted by Crippen LogP contribution is -2.44. The van der Waals surface area contributed by atoms with E-state index in [9.17, 15) is 14.4 Å². The van der Waals surface area contributed by atoms with Gasteiger partial charge in [-0.1, -0.05) is 42.5 Å². The zero-order valence-electron chi connectivity index (χ0n) is 19.0. The predicted octanol–water partition coefficient (Wildman–Crippen LogP) is 2.28. The second kappa shape index (κ2) is 13.2. The van der Waals surface area contributed by atoms with E-state index in [-0.39, 0.29) is 0 Å². The first kappa shape index (κ1) is 25.1. The summed E-state index contributed by atoms with van der Waals surface area (Å²) in [6.07, 6.45) is 3.56. The number of nitrogens with one attached hydrogen (secondary N) is 2. The summed E-state index contributed by atoms with van der Waals surface area (Å²) in [5, 5.41) is 11.1. The largest absolute Gasteiger partial charge is 0.379 e. The molecule has 1 fully saturated rings. The predicted molar refractivity (Wildman–Crippen MR) is 127 cm³/mol. The number of imide groups is 1. The lowest BCUT2D eigenvalue weighted by Gasteiger charge is -2.28. The Bertz CT molecular complexity index is 973. The summed E-state index contributed by atoms with van der Waals surface area (Å²) in [6, 6.07) is 15.5. The van der Waals surface area contributed by atoms with Crippen LogP contribution in [0.25, 0.3) is 6.08 Å². The molecule has 3 N–H and O–H groups in total. The van der Waals surface area contributed by atoms with Gasteiger partial charge in [0.2, 0.25) is 0 Å². The van der Waals surface area contributed by atoms with Crippen LogP contribution in [0.4, 0.5) is 4.79 Å². The molecule has 0 aliphatic carbocycles. The molecule has 3 rings (SSSR count). The van der Waals surface area contributed by atoms with E-state index in [1.165, 1.54) is 6.08 Å². The van der Waals surface area contributed by atoms with Gasteiger partial charge in [0.1, 0.15) is 0 Å². The second-order valence-corrected chi connectivity index (χ2v) is 7.91. The van der Waals surface area contributed by atoms with Gasteiger partial charge < -0.3 is 9.64 Å². The van der Waals surface area contributed by atoms with E-state index in [1.807, 2.05) is 30.3 Å². The fourth-order valence-corrected chi connectivity index (χ4v) is 3.56. The van der Waals surface area contributed by atoms with Crippen LogP contribution in [0.2, 0.25) is 0 Å². The van der Waals surface area contributed by atoms with Crippen LogP contribution in [0.15, 0.2) is 60.7 Å². The Labute approximate surface area is 199 Å². The lowest BCUT2D eigenvalue weighted by atomic mass is 10.1. The maximum Gasteiger partial charge on any atom is 0.324 e. The molecule has 0 aromatic heterocycles. The Morgan fingerprint density at radius 3 is 2.41 bits per heavy atom. The minimum atomic E-state index is -0.615. The highest BCUT2D eigenvalue weighted by Gasteiger charge is 2.18. The van der Waals surface area contributed by atoms with Crippen LogP contribution < -0.4 is 10.8 Å². The van der Waals surface area contributed by atoms with Gasteiger partial charge in [0.05, 0.1) is 13.2 Å². The van der Waals surface area contributed by atoms with Gasteiger partial charge in [0.15, 0.2) is 0 Å². The molecule has 0 bridgehead atoms.